The Morgan fingerprint density at radius 2 is 2.23 bits per heavy atom. The maximum Gasteiger partial charge on any atom is 0.271 e. The number of aliphatic hydroxyl groups excluding tert-OH is 1. The number of non-ortho nitro benzene ring substituents is 1. The Morgan fingerprint density at radius 1 is 1.41 bits per heavy atom. The molecule has 116 valence electrons. The molecule has 0 aliphatic carbocycles. The molecule has 0 saturated heterocycles. The molecule has 0 aliphatic rings. The van der Waals surface area contributed by atoms with E-state index in [1.807, 2.05) is 6.92 Å². The van der Waals surface area contributed by atoms with Crippen LogP contribution >= 0.6 is 0 Å². The van der Waals surface area contributed by atoms with Gasteiger partial charge in [-0.1, -0.05) is 13.0 Å². The fourth-order valence-electron chi connectivity index (χ4n) is 1.81. The van der Waals surface area contributed by atoms with Gasteiger partial charge in [0.05, 0.1) is 17.6 Å². The van der Waals surface area contributed by atoms with E-state index in [0.717, 1.165) is 6.42 Å². The van der Waals surface area contributed by atoms with E-state index in [-0.39, 0.29) is 18.3 Å². The van der Waals surface area contributed by atoms with Crippen LogP contribution in [0.5, 0.6) is 0 Å². The summed E-state index contributed by atoms with van der Waals surface area (Å²) in [6, 6.07) is 7.71. The van der Waals surface area contributed by atoms with Crippen LogP contribution in [0, 0.1) is 10.1 Å². The van der Waals surface area contributed by atoms with Gasteiger partial charge in [0.25, 0.3) is 5.69 Å². The molecular formula is C14H17N5O3. The van der Waals surface area contributed by atoms with Crippen molar-refractivity contribution in [2.24, 2.45) is 0 Å². The summed E-state index contributed by atoms with van der Waals surface area (Å²) in [5, 5.41) is 26.0. The van der Waals surface area contributed by atoms with Crippen molar-refractivity contribution >= 4 is 23.1 Å². The molecule has 2 aromatic rings. The molecule has 22 heavy (non-hydrogen) atoms. The molecule has 1 aromatic carbocycles. The molecule has 0 radical (unpaired) electrons. The van der Waals surface area contributed by atoms with Gasteiger partial charge in [0, 0.05) is 24.0 Å². The van der Waals surface area contributed by atoms with Crippen LogP contribution in [0.3, 0.4) is 0 Å². The maximum atomic E-state index is 10.8. The van der Waals surface area contributed by atoms with E-state index < -0.39 is 4.92 Å². The van der Waals surface area contributed by atoms with Crippen LogP contribution in [0.15, 0.2) is 36.5 Å². The first-order chi connectivity index (χ1) is 10.6. The lowest BCUT2D eigenvalue weighted by atomic mass is 10.2. The number of hydrogen-bond acceptors (Lipinski definition) is 7. The third-order valence-corrected chi connectivity index (χ3v) is 3.03. The van der Waals surface area contributed by atoms with E-state index in [1.54, 1.807) is 24.4 Å². The highest BCUT2D eigenvalue weighted by Gasteiger charge is 2.08. The van der Waals surface area contributed by atoms with Crippen LogP contribution in [0.2, 0.25) is 0 Å². The zero-order valence-electron chi connectivity index (χ0n) is 12.1. The van der Waals surface area contributed by atoms with Crippen molar-refractivity contribution < 1.29 is 10.0 Å². The monoisotopic (exact) mass is 303 g/mol. The molecule has 0 amide bonds. The average molecular weight is 303 g/mol. The summed E-state index contributed by atoms with van der Waals surface area (Å²) in [5.41, 5.74) is 0.520. The van der Waals surface area contributed by atoms with Gasteiger partial charge in [0.1, 0.15) is 5.82 Å². The Hall–Kier alpha value is -2.74. The van der Waals surface area contributed by atoms with Crippen molar-refractivity contribution in [1.29, 1.82) is 0 Å². The Bertz CT molecular complexity index is 646. The second kappa shape index (κ2) is 7.32. The van der Waals surface area contributed by atoms with Crippen molar-refractivity contribution in [2.45, 2.75) is 19.4 Å². The van der Waals surface area contributed by atoms with E-state index >= 15 is 0 Å². The van der Waals surface area contributed by atoms with Gasteiger partial charge < -0.3 is 15.7 Å². The normalized spacial score (nSPS) is 11.7. The zero-order chi connectivity index (χ0) is 15.9. The largest absolute Gasteiger partial charge is 0.394 e. The van der Waals surface area contributed by atoms with E-state index in [4.69, 9.17) is 0 Å². The number of benzene rings is 1. The maximum absolute atomic E-state index is 10.8. The molecule has 0 unspecified atom stereocenters. The van der Waals surface area contributed by atoms with Gasteiger partial charge >= 0.3 is 0 Å². The molecule has 8 nitrogen and oxygen atoms in total. The van der Waals surface area contributed by atoms with Crippen LogP contribution in [-0.4, -0.2) is 32.6 Å². The van der Waals surface area contributed by atoms with E-state index in [0.29, 0.717) is 17.5 Å². The molecule has 0 spiro atoms. The Labute approximate surface area is 127 Å². The van der Waals surface area contributed by atoms with E-state index in [9.17, 15) is 15.2 Å². The number of nitrogens with zero attached hydrogens (tertiary/aromatic N) is 3. The van der Waals surface area contributed by atoms with Gasteiger partial charge in [0.15, 0.2) is 0 Å². The number of nitro groups is 1. The number of nitrogens with one attached hydrogen (secondary N) is 2. The zero-order valence-corrected chi connectivity index (χ0v) is 12.1. The fourth-order valence-corrected chi connectivity index (χ4v) is 1.81. The molecule has 1 aromatic heterocycles. The van der Waals surface area contributed by atoms with Gasteiger partial charge in [-0.2, -0.15) is 4.98 Å². The van der Waals surface area contributed by atoms with Gasteiger partial charge in [0.2, 0.25) is 5.95 Å². The quantitative estimate of drug-likeness (QED) is 0.531. The van der Waals surface area contributed by atoms with Crippen LogP contribution in [-0.2, 0) is 0 Å². The number of aliphatic hydroxyl groups is 1. The minimum Gasteiger partial charge on any atom is -0.394 e. The Morgan fingerprint density at radius 3 is 2.91 bits per heavy atom. The van der Waals surface area contributed by atoms with Crippen molar-refractivity contribution in [3.63, 3.8) is 0 Å². The number of aromatic nitrogens is 2. The lowest BCUT2D eigenvalue weighted by molar-refractivity contribution is -0.384. The van der Waals surface area contributed by atoms with Crippen molar-refractivity contribution in [1.82, 2.24) is 9.97 Å². The number of hydrogen-bond donors (Lipinski definition) is 3. The first-order valence-electron chi connectivity index (χ1n) is 6.84. The SMILES string of the molecule is CC[C@@H](CO)Nc1ccnc(Nc2cccc([N+](=O)[O-])c2)n1. The van der Waals surface area contributed by atoms with E-state index in [2.05, 4.69) is 20.6 Å². The first-order valence-corrected chi connectivity index (χ1v) is 6.84. The summed E-state index contributed by atoms with van der Waals surface area (Å²) in [5.74, 6) is 0.891. The van der Waals surface area contributed by atoms with Crippen molar-refractivity contribution in [3.8, 4) is 0 Å². The summed E-state index contributed by atoms with van der Waals surface area (Å²) in [7, 11) is 0. The molecule has 0 aliphatic heterocycles. The Kier molecular flexibility index (Phi) is 5.21. The third-order valence-electron chi connectivity index (χ3n) is 3.03. The lowest BCUT2D eigenvalue weighted by Gasteiger charge is -2.15. The van der Waals surface area contributed by atoms with Gasteiger partial charge in [-0.25, -0.2) is 4.98 Å². The molecular weight excluding hydrogens is 286 g/mol. The summed E-state index contributed by atoms with van der Waals surface area (Å²) >= 11 is 0. The summed E-state index contributed by atoms with van der Waals surface area (Å²) in [6.45, 7) is 1.96. The van der Waals surface area contributed by atoms with Gasteiger partial charge in [-0.3, -0.25) is 10.1 Å². The number of rotatable bonds is 7. The van der Waals surface area contributed by atoms with Crippen molar-refractivity contribution in [3.05, 3.63) is 46.6 Å². The predicted octanol–water partition coefficient (Wildman–Crippen LogP) is 2.31. The topological polar surface area (TPSA) is 113 Å². The van der Waals surface area contributed by atoms with Crippen LogP contribution in [0.1, 0.15) is 13.3 Å². The summed E-state index contributed by atoms with van der Waals surface area (Å²) in [4.78, 5) is 18.6. The van der Waals surface area contributed by atoms with Gasteiger partial charge in [-0.05, 0) is 18.6 Å². The fraction of sp³-hybridized carbons (Fsp3) is 0.286. The molecule has 0 saturated carbocycles. The molecule has 1 atom stereocenters. The second-order valence-corrected chi connectivity index (χ2v) is 4.63. The van der Waals surface area contributed by atoms with Crippen LogP contribution < -0.4 is 10.6 Å². The van der Waals surface area contributed by atoms with E-state index in [1.165, 1.54) is 12.1 Å². The number of nitro benzene ring substituents is 1. The molecule has 0 bridgehead atoms. The highest BCUT2D eigenvalue weighted by Crippen LogP contribution is 2.20. The second-order valence-electron chi connectivity index (χ2n) is 4.63. The highest BCUT2D eigenvalue weighted by atomic mass is 16.6. The molecule has 0 fully saturated rings. The number of anilines is 3. The molecule has 2 rings (SSSR count). The predicted molar refractivity (Wildman–Crippen MR) is 83.2 cm³/mol. The van der Waals surface area contributed by atoms with Gasteiger partial charge in [-0.15, -0.1) is 0 Å². The molecule has 8 heteroatoms. The lowest BCUT2D eigenvalue weighted by Crippen LogP contribution is -2.23. The Balaban J connectivity index is 2.13. The average Bonchev–Trinajstić information content (AvgIpc) is 2.53. The van der Waals surface area contributed by atoms with Crippen molar-refractivity contribution in [2.75, 3.05) is 17.2 Å². The molecule has 1 heterocycles. The first kappa shape index (κ1) is 15.6. The van der Waals surface area contributed by atoms with Crippen LogP contribution in [0.4, 0.5) is 23.1 Å². The third kappa shape index (κ3) is 4.13. The standard InChI is InChI=1S/C14H17N5O3/c1-2-10(9-20)16-13-6-7-15-14(18-13)17-11-4-3-5-12(8-11)19(21)22/h3-8,10,20H,2,9H2,1H3,(H2,15,16,17,18)/t10-/m0/s1. The summed E-state index contributed by atoms with van der Waals surface area (Å²) < 4.78 is 0. The minimum absolute atomic E-state index is 0.00808. The molecule has 3 N–H and O–H groups in total. The highest BCUT2D eigenvalue weighted by molar-refractivity contribution is 5.58. The summed E-state index contributed by atoms with van der Waals surface area (Å²) in [6.07, 6.45) is 2.33. The van der Waals surface area contributed by atoms with Crippen LogP contribution in [0.25, 0.3) is 0 Å². The minimum atomic E-state index is -0.461. The smallest absolute Gasteiger partial charge is 0.271 e.